The van der Waals surface area contributed by atoms with Crippen LogP contribution in [0.3, 0.4) is 0 Å². The average molecular weight is 327 g/mol. The first-order valence-corrected chi connectivity index (χ1v) is 7.91. The van der Waals surface area contributed by atoms with Crippen LogP contribution in [0.5, 0.6) is 0 Å². The number of esters is 1. The monoisotopic (exact) mass is 327 g/mol. The molecule has 0 radical (unpaired) electrons. The normalized spacial score (nSPS) is 18.7. The highest BCUT2D eigenvalue weighted by Crippen LogP contribution is 2.38. The summed E-state index contributed by atoms with van der Waals surface area (Å²) in [6, 6.07) is 5.36. The van der Waals surface area contributed by atoms with Crippen molar-refractivity contribution in [1.29, 1.82) is 0 Å². The molecule has 0 bridgehead atoms. The van der Waals surface area contributed by atoms with Gasteiger partial charge in [0.1, 0.15) is 11.6 Å². The van der Waals surface area contributed by atoms with Gasteiger partial charge in [-0.25, -0.2) is 4.79 Å². The van der Waals surface area contributed by atoms with Crippen LogP contribution in [0.4, 0.5) is 5.69 Å². The van der Waals surface area contributed by atoms with Crippen LogP contribution in [0.1, 0.15) is 38.3 Å². The van der Waals surface area contributed by atoms with Crippen molar-refractivity contribution in [3.05, 3.63) is 41.7 Å². The van der Waals surface area contributed by atoms with E-state index in [1.807, 2.05) is 43.9 Å². The van der Waals surface area contributed by atoms with Gasteiger partial charge in [0.15, 0.2) is 0 Å². The van der Waals surface area contributed by atoms with Crippen molar-refractivity contribution in [2.45, 2.75) is 45.3 Å². The van der Waals surface area contributed by atoms with Gasteiger partial charge in [-0.05, 0) is 26.3 Å². The Hall–Kier alpha value is -2.63. The molecular weight excluding hydrogens is 306 g/mol. The van der Waals surface area contributed by atoms with Crippen LogP contribution in [0.2, 0.25) is 0 Å². The largest absolute Gasteiger partial charge is 0.458 e. The van der Waals surface area contributed by atoms with Gasteiger partial charge < -0.3 is 15.4 Å². The Morgan fingerprint density at radius 3 is 2.79 bits per heavy atom. The lowest BCUT2D eigenvalue weighted by molar-refractivity contribution is -0.156. The third-order valence-electron chi connectivity index (χ3n) is 3.92. The molecule has 1 amide bonds. The number of anilines is 1. The number of hydrogen-bond donors (Lipinski definition) is 1. The molecule has 126 valence electrons. The zero-order chi connectivity index (χ0) is 17.5. The number of benzene rings is 1. The van der Waals surface area contributed by atoms with Crippen molar-refractivity contribution in [3.63, 3.8) is 0 Å². The number of hydrogen-bond acceptors (Lipinski definition) is 5. The van der Waals surface area contributed by atoms with Crippen molar-refractivity contribution < 1.29 is 14.3 Å². The highest BCUT2D eigenvalue weighted by molar-refractivity contribution is 6.14. The Balaban J connectivity index is 1.98. The van der Waals surface area contributed by atoms with Crippen LogP contribution in [0, 0.1) is 0 Å². The van der Waals surface area contributed by atoms with E-state index < -0.39 is 17.6 Å². The third-order valence-corrected chi connectivity index (χ3v) is 3.92. The van der Waals surface area contributed by atoms with E-state index in [0.29, 0.717) is 12.1 Å². The van der Waals surface area contributed by atoms with E-state index in [4.69, 9.17) is 10.5 Å². The fourth-order valence-electron chi connectivity index (χ4n) is 3.07. The predicted octanol–water partition coefficient (Wildman–Crippen LogP) is 1.91. The minimum absolute atomic E-state index is 0.0612. The second-order valence-electron chi connectivity index (χ2n) is 6.99. The second kappa shape index (κ2) is 5.78. The van der Waals surface area contributed by atoms with Gasteiger partial charge in [-0.1, -0.05) is 18.2 Å². The topological polar surface area (TPSA) is 85.0 Å². The van der Waals surface area contributed by atoms with Crippen LogP contribution in [-0.2, 0) is 20.7 Å². The zero-order valence-corrected chi connectivity index (χ0v) is 14.1. The first kappa shape index (κ1) is 16.2. The highest BCUT2D eigenvalue weighted by atomic mass is 16.6. The average Bonchev–Trinajstić information content (AvgIpc) is 2.73. The predicted molar refractivity (Wildman–Crippen MR) is 91.7 cm³/mol. The molecule has 3 rings (SSSR count). The van der Waals surface area contributed by atoms with Gasteiger partial charge in [-0.15, -0.1) is 0 Å². The van der Waals surface area contributed by atoms with Crippen LogP contribution in [0.15, 0.2) is 35.6 Å². The van der Waals surface area contributed by atoms with Gasteiger partial charge in [0.2, 0.25) is 5.91 Å². The Morgan fingerprint density at radius 2 is 2.12 bits per heavy atom. The maximum Gasteiger partial charge on any atom is 0.329 e. The number of primary amides is 1. The van der Waals surface area contributed by atoms with E-state index in [0.717, 1.165) is 16.8 Å². The number of nitrogens with zero attached hydrogens (tertiary/aromatic N) is 2. The first-order valence-electron chi connectivity index (χ1n) is 7.91. The lowest BCUT2D eigenvalue weighted by Crippen LogP contribution is -2.40. The summed E-state index contributed by atoms with van der Waals surface area (Å²) in [7, 11) is 0. The van der Waals surface area contributed by atoms with E-state index >= 15 is 0 Å². The van der Waals surface area contributed by atoms with Crippen LogP contribution in [0.25, 0.3) is 0 Å². The molecule has 6 heteroatoms. The molecule has 0 spiro atoms. The number of aliphatic imine (C=N–C) groups is 1. The third kappa shape index (κ3) is 3.04. The Morgan fingerprint density at radius 1 is 1.38 bits per heavy atom. The molecule has 2 heterocycles. The lowest BCUT2D eigenvalue weighted by Gasteiger charge is -2.27. The summed E-state index contributed by atoms with van der Waals surface area (Å²) in [5.74, 6) is -0.706. The molecule has 1 unspecified atom stereocenters. The summed E-state index contributed by atoms with van der Waals surface area (Å²) >= 11 is 0. The Labute approximate surface area is 141 Å². The number of carbonyl (C=O) groups is 2. The number of amides is 1. The summed E-state index contributed by atoms with van der Waals surface area (Å²) in [5, 5.41) is 0. The van der Waals surface area contributed by atoms with Gasteiger partial charge >= 0.3 is 5.97 Å². The second-order valence-corrected chi connectivity index (χ2v) is 6.99. The number of carbonyl (C=O) groups excluding carboxylic acids is 2. The van der Waals surface area contributed by atoms with Crippen molar-refractivity contribution in [3.8, 4) is 0 Å². The van der Waals surface area contributed by atoms with Gasteiger partial charge in [-0.3, -0.25) is 9.79 Å². The number of para-hydroxylation sites is 1. The lowest BCUT2D eigenvalue weighted by atomic mass is 10.0. The van der Waals surface area contributed by atoms with E-state index in [-0.39, 0.29) is 12.4 Å². The molecule has 1 atom stereocenters. The Kier molecular flexibility index (Phi) is 3.91. The highest BCUT2D eigenvalue weighted by Gasteiger charge is 2.38. The van der Waals surface area contributed by atoms with Crippen LogP contribution < -0.4 is 10.6 Å². The van der Waals surface area contributed by atoms with E-state index in [2.05, 4.69) is 4.99 Å². The molecule has 2 aliphatic rings. The first-order chi connectivity index (χ1) is 11.3. The minimum atomic E-state index is -0.544. The molecule has 1 aromatic rings. The molecule has 0 saturated heterocycles. The van der Waals surface area contributed by atoms with E-state index in [9.17, 15) is 9.59 Å². The minimum Gasteiger partial charge on any atom is -0.458 e. The van der Waals surface area contributed by atoms with Gasteiger partial charge in [-0.2, -0.15) is 0 Å². The molecule has 24 heavy (non-hydrogen) atoms. The quantitative estimate of drug-likeness (QED) is 0.859. The van der Waals surface area contributed by atoms with Crippen molar-refractivity contribution >= 4 is 23.3 Å². The van der Waals surface area contributed by atoms with Gasteiger partial charge in [0.05, 0.1) is 17.8 Å². The van der Waals surface area contributed by atoms with Gasteiger partial charge in [0, 0.05) is 24.4 Å². The molecule has 2 aliphatic heterocycles. The number of nitrogens with two attached hydrogens (primary N) is 1. The summed E-state index contributed by atoms with van der Waals surface area (Å²) in [6.07, 6.45) is 3.99. The van der Waals surface area contributed by atoms with Crippen LogP contribution in [-0.4, -0.2) is 29.2 Å². The molecule has 0 fully saturated rings. The summed E-state index contributed by atoms with van der Waals surface area (Å²) < 4.78 is 5.56. The van der Waals surface area contributed by atoms with E-state index in [1.165, 1.54) is 0 Å². The molecule has 2 N–H and O–H groups in total. The standard InChI is InChI=1S/C18H21N3O3/c1-18(2,3)24-17(23)14-9-11-5-4-6-12-13(10-15(19)22)20-7-8-21(14)16(11)12/h4-8,14H,9-10H2,1-3H3,(H2,19,22). The maximum absolute atomic E-state index is 12.6. The van der Waals surface area contributed by atoms with Crippen molar-refractivity contribution in [1.82, 2.24) is 0 Å². The number of rotatable bonds is 3. The smallest absolute Gasteiger partial charge is 0.329 e. The number of ether oxygens (including phenoxy) is 1. The summed E-state index contributed by atoms with van der Waals surface area (Å²) in [5.41, 5.74) is 8.18. The Bertz CT molecular complexity index is 759. The fourth-order valence-corrected chi connectivity index (χ4v) is 3.07. The summed E-state index contributed by atoms with van der Waals surface area (Å²) in [4.78, 5) is 30.2. The van der Waals surface area contributed by atoms with Gasteiger partial charge in [0.25, 0.3) is 0 Å². The van der Waals surface area contributed by atoms with Crippen molar-refractivity contribution in [2.24, 2.45) is 10.7 Å². The molecule has 0 saturated carbocycles. The van der Waals surface area contributed by atoms with Crippen molar-refractivity contribution in [2.75, 3.05) is 4.90 Å². The zero-order valence-electron chi connectivity index (χ0n) is 14.1. The SMILES string of the molecule is CC(C)(C)OC(=O)C1Cc2cccc3c2N1C=CN=C3CC(N)=O. The molecule has 1 aromatic carbocycles. The summed E-state index contributed by atoms with van der Waals surface area (Å²) in [6.45, 7) is 5.56. The molecule has 0 aliphatic carbocycles. The molecule has 6 nitrogen and oxygen atoms in total. The molecular formula is C18H21N3O3. The fraction of sp³-hybridized carbons (Fsp3) is 0.389. The van der Waals surface area contributed by atoms with E-state index in [1.54, 1.807) is 12.4 Å². The maximum atomic E-state index is 12.6. The molecule has 0 aromatic heterocycles. The van der Waals surface area contributed by atoms with Crippen LogP contribution >= 0.6 is 0 Å².